The van der Waals surface area contributed by atoms with E-state index in [9.17, 15) is 4.79 Å². The number of ether oxygens (including phenoxy) is 2. The molecular weight excluding hydrogens is 440 g/mol. The number of carbonyl (C=O) groups is 1. The predicted octanol–water partition coefficient (Wildman–Crippen LogP) is 5.53. The molecule has 0 heterocycles. The molecule has 182 valence electrons. The van der Waals surface area contributed by atoms with E-state index in [4.69, 9.17) is 14.3 Å². The number of nitrogens with zero attached hydrogens (tertiary/aromatic N) is 1. The topological polar surface area (TPSA) is 69.2 Å². The molecule has 1 N–H and O–H groups in total. The summed E-state index contributed by atoms with van der Waals surface area (Å²) in [7, 11) is 1.86. The molecule has 0 saturated heterocycles. The van der Waals surface area contributed by atoms with Gasteiger partial charge in [0.15, 0.2) is 0 Å². The van der Waals surface area contributed by atoms with E-state index in [1.807, 2.05) is 43.4 Å². The Labute approximate surface area is 207 Å². The first-order valence-corrected chi connectivity index (χ1v) is 11.7. The molecule has 0 saturated carbocycles. The van der Waals surface area contributed by atoms with Crippen LogP contribution in [0, 0.1) is 0 Å². The van der Waals surface area contributed by atoms with Gasteiger partial charge in [0.25, 0.3) is 0 Å². The van der Waals surface area contributed by atoms with E-state index in [-0.39, 0.29) is 6.61 Å². The van der Waals surface area contributed by atoms with Crippen molar-refractivity contribution in [2.45, 2.75) is 20.3 Å². The second-order valence-electron chi connectivity index (χ2n) is 7.65. The summed E-state index contributed by atoms with van der Waals surface area (Å²) in [5.74, 6) is 0.374. The minimum Gasteiger partial charge on any atom is -0.478 e. The summed E-state index contributed by atoms with van der Waals surface area (Å²) in [6, 6.07) is 26.6. The van der Waals surface area contributed by atoms with Crippen LogP contribution in [0.4, 0.5) is 0 Å². The molecule has 0 unspecified atom stereocenters. The smallest absolute Gasteiger partial charge is 0.347 e. The average Bonchev–Trinajstić information content (AvgIpc) is 2.90. The van der Waals surface area contributed by atoms with Crippen molar-refractivity contribution in [3.63, 3.8) is 0 Å². The van der Waals surface area contributed by atoms with E-state index in [0.29, 0.717) is 13.3 Å². The van der Waals surface area contributed by atoms with Gasteiger partial charge in [-0.15, -0.1) is 0 Å². The molecule has 0 amide bonds. The van der Waals surface area contributed by atoms with Crippen molar-refractivity contribution in [3.8, 4) is 5.75 Å². The molecule has 3 aromatic carbocycles. The van der Waals surface area contributed by atoms with Crippen LogP contribution in [0.3, 0.4) is 0 Å². The summed E-state index contributed by atoms with van der Waals surface area (Å²) in [5, 5.41) is 6.93. The first-order chi connectivity index (χ1) is 17.2. The minimum absolute atomic E-state index is 0.213. The van der Waals surface area contributed by atoms with Gasteiger partial charge in [0.2, 0.25) is 6.61 Å². The van der Waals surface area contributed by atoms with Crippen LogP contribution in [0.25, 0.3) is 11.1 Å². The minimum atomic E-state index is -0.443. The van der Waals surface area contributed by atoms with Crippen molar-refractivity contribution in [1.29, 1.82) is 0 Å². The van der Waals surface area contributed by atoms with Gasteiger partial charge in [-0.3, -0.25) is 5.32 Å². The zero-order valence-corrected chi connectivity index (χ0v) is 20.5. The SMILES string of the molecule is CCOC(=O)CON=Cc1ccc(C(=C(CC)c2ccccc2)c2ccccc2OCNC)cc1. The molecule has 0 bridgehead atoms. The van der Waals surface area contributed by atoms with Crippen LogP contribution in [0.15, 0.2) is 84.0 Å². The van der Waals surface area contributed by atoms with E-state index in [0.717, 1.165) is 34.4 Å². The lowest BCUT2D eigenvalue weighted by atomic mass is 9.87. The van der Waals surface area contributed by atoms with E-state index >= 15 is 0 Å². The predicted molar refractivity (Wildman–Crippen MR) is 140 cm³/mol. The molecule has 0 radical (unpaired) electrons. The van der Waals surface area contributed by atoms with Crippen LogP contribution in [-0.4, -0.2) is 39.2 Å². The molecule has 0 aliphatic carbocycles. The average molecular weight is 473 g/mol. The number of esters is 1. The van der Waals surface area contributed by atoms with Crippen LogP contribution in [-0.2, 0) is 14.4 Å². The number of rotatable bonds is 12. The number of hydrogen-bond donors (Lipinski definition) is 1. The van der Waals surface area contributed by atoms with Crippen molar-refractivity contribution in [1.82, 2.24) is 5.32 Å². The van der Waals surface area contributed by atoms with Crippen LogP contribution >= 0.6 is 0 Å². The molecule has 35 heavy (non-hydrogen) atoms. The number of allylic oxidation sites excluding steroid dienone is 1. The summed E-state index contributed by atoms with van der Waals surface area (Å²) in [4.78, 5) is 16.4. The van der Waals surface area contributed by atoms with Crippen molar-refractivity contribution in [2.75, 3.05) is 27.0 Å². The van der Waals surface area contributed by atoms with Gasteiger partial charge in [0.1, 0.15) is 12.5 Å². The Morgan fingerprint density at radius 1 is 0.914 bits per heavy atom. The number of carbonyl (C=O) groups excluding carboxylic acids is 1. The van der Waals surface area contributed by atoms with Crippen LogP contribution in [0.1, 0.15) is 42.5 Å². The van der Waals surface area contributed by atoms with E-state index in [1.54, 1.807) is 13.1 Å². The molecule has 6 heteroatoms. The molecule has 0 aliphatic rings. The van der Waals surface area contributed by atoms with E-state index in [2.05, 4.69) is 59.9 Å². The highest BCUT2D eigenvalue weighted by Gasteiger charge is 2.16. The maximum atomic E-state index is 11.4. The summed E-state index contributed by atoms with van der Waals surface area (Å²) in [6.45, 7) is 4.43. The van der Waals surface area contributed by atoms with Crippen molar-refractivity contribution in [2.24, 2.45) is 5.16 Å². The Morgan fingerprint density at radius 3 is 2.31 bits per heavy atom. The maximum Gasteiger partial charge on any atom is 0.347 e. The number of hydrogen-bond acceptors (Lipinski definition) is 6. The third kappa shape index (κ3) is 7.29. The Morgan fingerprint density at radius 2 is 1.63 bits per heavy atom. The van der Waals surface area contributed by atoms with Gasteiger partial charge in [-0.25, -0.2) is 4.79 Å². The highest BCUT2D eigenvalue weighted by Crippen LogP contribution is 2.38. The lowest BCUT2D eigenvalue weighted by Gasteiger charge is -2.19. The monoisotopic (exact) mass is 472 g/mol. The maximum absolute atomic E-state index is 11.4. The summed E-state index contributed by atoms with van der Waals surface area (Å²) < 4.78 is 10.8. The first kappa shape index (κ1) is 25.7. The fraction of sp³-hybridized carbons (Fsp3) is 0.241. The molecule has 3 aromatic rings. The molecule has 0 fully saturated rings. The number of nitrogens with one attached hydrogen (secondary N) is 1. The lowest BCUT2D eigenvalue weighted by Crippen LogP contribution is -2.15. The zero-order valence-electron chi connectivity index (χ0n) is 20.5. The number of para-hydroxylation sites is 1. The van der Waals surface area contributed by atoms with Gasteiger partial charge in [0.05, 0.1) is 12.8 Å². The van der Waals surface area contributed by atoms with Crippen LogP contribution < -0.4 is 10.1 Å². The third-order valence-electron chi connectivity index (χ3n) is 5.27. The summed E-state index contributed by atoms with van der Waals surface area (Å²) in [6.07, 6.45) is 2.43. The summed E-state index contributed by atoms with van der Waals surface area (Å²) >= 11 is 0. The molecular formula is C29H32N2O4. The first-order valence-electron chi connectivity index (χ1n) is 11.7. The lowest BCUT2D eigenvalue weighted by molar-refractivity contribution is -0.148. The fourth-order valence-electron chi connectivity index (χ4n) is 3.73. The van der Waals surface area contributed by atoms with Gasteiger partial charge in [0, 0.05) is 5.56 Å². The van der Waals surface area contributed by atoms with Crippen molar-refractivity contribution < 1.29 is 19.1 Å². The Hall–Kier alpha value is -3.90. The Balaban J connectivity index is 1.98. The van der Waals surface area contributed by atoms with Gasteiger partial charge in [-0.1, -0.05) is 84.9 Å². The quantitative estimate of drug-likeness (QED) is 0.123. The van der Waals surface area contributed by atoms with Crippen LogP contribution in [0.5, 0.6) is 5.75 Å². The highest BCUT2D eigenvalue weighted by molar-refractivity contribution is 6.00. The molecule has 6 nitrogen and oxygen atoms in total. The molecule has 0 atom stereocenters. The largest absolute Gasteiger partial charge is 0.478 e. The molecule has 0 spiro atoms. The Bertz CT molecular complexity index is 1140. The second-order valence-corrected chi connectivity index (χ2v) is 7.65. The van der Waals surface area contributed by atoms with Gasteiger partial charge >= 0.3 is 5.97 Å². The standard InChI is InChI=1S/C29H32N2O4/c1-4-25(23-11-7-6-8-12-23)29(26-13-9-10-14-27(26)34-21-30-3)24-17-15-22(16-18-24)19-31-35-20-28(32)33-5-2/h6-19,30H,4-5,20-21H2,1-3H3. The summed E-state index contributed by atoms with van der Waals surface area (Å²) in [5.41, 5.74) is 6.47. The van der Waals surface area contributed by atoms with E-state index < -0.39 is 5.97 Å². The zero-order chi connectivity index (χ0) is 24.9. The van der Waals surface area contributed by atoms with E-state index in [1.165, 1.54) is 11.1 Å². The van der Waals surface area contributed by atoms with Crippen molar-refractivity contribution in [3.05, 3.63) is 101 Å². The van der Waals surface area contributed by atoms with Crippen molar-refractivity contribution >= 4 is 23.3 Å². The van der Waals surface area contributed by atoms with Gasteiger partial charge in [-0.2, -0.15) is 0 Å². The molecule has 0 aromatic heterocycles. The normalized spacial score (nSPS) is 11.7. The molecule has 3 rings (SSSR count). The van der Waals surface area contributed by atoms with Gasteiger partial charge in [-0.05, 0) is 54.3 Å². The number of benzene rings is 3. The Kier molecular flexibility index (Phi) is 10.1. The van der Waals surface area contributed by atoms with Crippen LogP contribution in [0.2, 0.25) is 0 Å². The highest BCUT2D eigenvalue weighted by atomic mass is 16.6. The third-order valence-corrected chi connectivity index (χ3v) is 5.27. The number of oxime groups is 1. The molecule has 0 aliphatic heterocycles. The fourth-order valence-corrected chi connectivity index (χ4v) is 3.73. The second kappa shape index (κ2) is 13.7. The van der Waals surface area contributed by atoms with Gasteiger partial charge < -0.3 is 14.3 Å².